The lowest BCUT2D eigenvalue weighted by molar-refractivity contribution is -0.137. The Bertz CT molecular complexity index is 552. The first kappa shape index (κ1) is 24.6. The summed E-state index contributed by atoms with van der Waals surface area (Å²) in [5.41, 5.74) is 0. The first-order valence-electron chi connectivity index (χ1n) is 11.4. The summed E-state index contributed by atoms with van der Waals surface area (Å²) in [7, 11) is 0. The molecule has 2 heterocycles. The molecule has 2 fully saturated rings. The fourth-order valence-electron chi connectivity index (χ4n) is 4.17. The zero-order valence-corrected chi connectivity index (χ0v) is 18.4. The number of rotatable bonds is 13. The van der Waals surface area contributed by atoms with Crippen molar-refractivity contribution in [3.05, 3.63) is 0 Å². The van der Waals surface area contributed by atoms with Crippen LogP contribution in [0.4, 0.5) is 0 Å². The third kappa shape index (κ3) is 9.40. The molecule has 1 atom stereocenters. The second-order valence-electron chi connectivity index (χ2n) is 8.30. The van der Waals surface area contributed by atoms with Gasteiger partial charge in [0.05, 0.1) is 6.54 Å². The van der Waals surface area contributed by atoms with E-state index in [4.69, 9.17) is 5.11 Å². The molecule has 0 aromatic carbocycles. The van der Waals surface area contributed by atoms with E-state index in [1.165, 1.54) is 0 Å². The average Bonchev–Trinajstić information content (AvgIpc) is 3.15. The molecule has 0 spiro atoms. The van der Waals surface area contributed by atoms with Crippen LogP contribution in [-0.4, -0.2) is 109 Å². The molecule has 2 aliphatic heterocycles. The summed E-state index contributed by atoms with van der Waals surface area (Å²) in [5.74, 6) is -0.928. The molecule has 30 heavy (non-hydrogen) atoms. The minimum absolute atomic E-state index is 0.0274. The molecule has 2 saturated heterocycles. The lowest BCUT2D eigenvalue weighted by Crippen LogP contribution is -2.51. The first-order valence-corrected chi connectivity index (χ1v) is 11.4. The van der Waals surface area contributed by atoms with Crippen molar-refractivity contribution in [3.63, 3.8) is 0 Å². The van der Waals surface area contributed by atoms with Crippen molar-refractivity contribution >= 4 is 17.8 Å². The number of hydrogen-bond donors (Lipinski definition) is 3. The fraction of sp³-hybridized carbons (Fsp3) is 0.857. The van der Waals surface area contributed by atoms with Gasteiger partial charge in [0, 0.05) is 64.7 Å². The topological polar surface area (TPSA) is 105 Å². The van der Waals surface area contributed by atoms with Crippen LogP contribution in [0.25, 0.3) is 0 Å². The number of nitrogens with one attached hydrogen (secondary N) is 2. The minimum Gasteiger partial charge on any atom is -0.481 e. The molecular formula is C21H39N5O4. The van der Waals surface area contributed by atoms with Gasteiger partial charge in [-0.2, -0.15) is 0 Å². The van der Waals surface area contributed by atoms with E-state index in [2.05, 4.69) is 32.3 Å². The van der Waals surface area contributed by atoms with Gasteiger partial charge >= 0.3 is 5.97 Å². The van der Waals surface area contributed by atoms with Crippen LogP contribution < -0.4 is 10.6 Å². The van der Waals surface area contributed by atoms with Crippen LogP contribution in [0.2, 0.25) is 0 Å². The number of hydrogen-bond acceptors (Lipinski definition) is 6. The Morgan fingerprint density at radius 2 is 1.53 bits per heavy atom. The standard InChI is InChI=1S/C21H39N5O4/c1-2-24-12-14-25(15-13-24)16-18-6-5-11-26(18)17-20(28)23-9-3-7-19(27)22-10-4-8-21(29)30/h18H,2-17H2,1H3,(H,22,27)(H,23,28)(H,29,30)/i3+1,4+1,7+1,8+1,9+1,10+1,19+1,20+1,21+1,22+1,25+1,26+1. The van der Waals surface area contributed by atoms with E-state index >= 15 is 0 Å². The molecule has 0 aliphatic carbocycles. The van der Waals surface area contributed by atoms with E-state index in [0.717, 1.165) is 58.7 Å². The number of likely N-dealkylation sites (N-methyl/N-ethyl adjacent to an activating group) is 1. The average molecular weight is 437 g/mol. The van der Waals surface area contributed by atoms with Gasteiger partial charge in [-0.05, 0) is 38.8 Å². The van der Waals surface area contributed by atoms with Gasteiger partial charge in [0.2, 0.25) is 11.8 Å². The summed E-state index contributed by atoms with van der Waals surface area (Å²) in [5, 5.41) is 14.2. The summed E-state index contributed by atoms with van der Waals surface area (Å²) in [6.45, 7) is 11.1. The van der Waals surface area contributed by atoms with E-state index < -0.39 is 5.97 Å². The number of amides is 2. The van der Waals surface area contributed by atoms with Crippen molar-refractivity contribution in [2.45, 2.75) is 51.5 Å². The Kier molecular flexibility index (Phi) is 11.1. The van der Waals surface area contributed by atoms with Crippen LogP contribution in [0.5, 0.6) is 0 Å². The number of carbonyl (C=O) groups is 3. The van der Waals surface area contributed by atoms with Crippen molar-refractivity contribution in [1.82, 2.24) is 25.3 Å². The smallest absolute Gasteiger partial charge is 0.303 e. The highest BCUT2D eigenvalue weighted by molar-refractivity contribution is 5.78. The normalized spacial score (nSPS) is 20.9. The highest BCUT2D eigenvalue weighted by atomic mass is 16.5. The van der Waals surface area contributed by atoms with E-state index in [1.54, 1.807) is 0 Å². The first-order chi connectivity index (χ1) is 14.5. The third-order valence-electron chi connectivity index (χ3n) is 6.02. The maximum atomic E-state index is 12.3. The second kappa shape index (κ2) is 13.6. The largest absolute Gasteiger partial charge is 0.481 e. The highest BCUT2D eigenvalue weighted by Crippen LogP contribution is 2.18. The molecule has 0 radical (unpaired) electrons. The maximum absolute atomic E-state index is 12.3. The van der Waals surface area contributed by atoms with E-state index in [1.807, 2.05) is 0 Å². The lowest BCUT2D eigenvalue weighted by atomic mass is 10.2. The number of carbonyl (C=O) groups excluding carboxylic acids is 2. The number of nitrogens with zero attached hydrogens (tertiary/aromatic N) is 3. The second-order valence-corrected chi connectivity index (χ2v) is 8.30. The van der Waals surface area contributed by atoms with Gasteiger partial charge in [0.1, 0.15) is 0 Å². The van der Waals surface area contributed by atoms with E-state index in [0.29, 0.717) is 44.9 Å². The van der Waals surface area contributed by atoms with Crippen molar-refractivity contribution in [2.24, 2.45) is 0 Å². The summed E-state index contributed by atoms with van der Waals surface area (Å²) < 4.78 is 0. The van der Waals surface area contributed by atoms with Gasteiger partial charge in [-0.1, -0.05) is 6.92 Å². The summed E-state index contributed by atoms with van der Waals surface area (Å²) in [6, 6.07) is 0.459. The monoisotopic (exact) mass is 437 g/mol. The third-order valence-corrected chi connectivity index (χ3v) is 6.02. The van der Waals surface area contributed by atoms with Gasteiger partial charge in [-0.3, -0.25) is 24.2 Å². The fourth-order valence-corrected chi connectivity index (χ4v) is 4.17. The molecule has 2 aliphatic rings. The molecule has 2 amide bonds. The van der Waals surface area contributed by atoms with Gasteiger partial charge in [0.15, 0.2) is 0 Å². The molecule has 172 valence electrons. The van der Waals surface area contributed by atoms with Gasteiger partial charge in [-0.15, -0.1) is 0 Å². The van der Waals surface area contributed by atoms with Crippen molar-refractivity contribution in [3.8, 4) is 0 Å². The molecule has 9 heteroatoms. The Labute approximate surface area is 180 Å². The number of piperazine rings is 1. The highest BCUT2D eigenvalue weighted by Gasteiger charge is 2.28. The quantitative estimate of drug-likeness (QED) is 0.211. The van der Waals surface area contributed by atoms with Crippen LogP contribution in [0.1, 0.15) is 45.4 Å². The Morgan fingerprint density at radius 1 is 0.900 bits per heavy atom. The van der Waals surface area contributed by atoms with E-state index in [9.17, 15) is 14.4 Å². The molecule has 0 aromatic heterocycles. The molecule has 0 bridgehead atoms. The Balaban J connectivity index is 1.55. The molecule has 9 nitrogen and oxygen atoms in total. The van der Waals surface area contributed by atoms with Gasteiger partial charge < -0.3 is 20.6 Å². The van der Waals surface area contributed by atoms with Crippen molar-refractivity contribution < 1.29 is 19.5 Å². The van der Waals surface area contributed by atoms with E-state index in [-0.39, 0.29) is 18.2 Å². The van der Waals surface area contributed by atoms with Crippen LogP contribution in [0.15, 0.2) is 0 Å². The zero-order chi connectivity index (χ0) is 21.8. The Hall–Kier alpha value is -1.71. The summed E-state index contributed by atoms with van der Waals surface area (Å²) >= 11 is 0. The number of carboxylic acid groups (broad SMARTS) is 1. The SMILES string of the molecule is CCN1CC[15N](CC2CCC[15N]2C[13C](=O)N[13CH2][13CH2][13CH2][13C](=O)[15NH][13CH2][13CH2][13CH2][13C](=O)O)CC1. The molecule has 0 saturated carbocycles. The summed E-state index contributed by atoms with van der Waals surface area (Å²) in [6.07, 6.45) is 3.72. The van der Waals surface area contributed by atoms with Crippen molar-refractivity contribution in [2.75, 3.05) is 65.4 Å². The minimum atomic E-state index is -0.855. The van der Waals surface area contributed by atoms with Gasteiger partial charge in [0.25, 0.3) is 0 Å². The Morgan fingerprint density at radius 3 is 2.20 bits per heavy atom. The predicted molar refractivity (Wildman–Crippen MR) is 115 cm³/mol. The predicted octanol–water partition coefficient (Wildman–Crippen LogP) is -0.0343. The van der Waals surface area contributed by atoms with Crippen LogP contribution >= 0.6 is 0 Å². The molecule has 3 N–H and O–H groups in total. The molecule has 0 aromatic rings. The van der Waals surface area contributed by atoms with Crippen molar-refractivity contribution in [1.29, 1.82) is 0 Å². The molecular weight excluding hydrogens is 398 g/mol. The number of carboxylic acids is 1. The van der Waals surface area contributed by atoms with Crippen LogP contribution in [-0.2, 0) is 14.4 Å². The molecule has 2 rings (SSSR count). The number of aliphatic carboxylic acids is 1. The zero-order valence-electron chi connectivity index (χ0n) is 18.4. The lowest BCUT2D eigenvalue weighted by Gasteiger charge is -2.37. The number of likely N-dealkylation sites (tertiary alicyclic amines) is 1. The van der Waals surface area contributed by atoms with Crippen LogP contribution in [0.3, 0.4) is 0 Å². The van der Waals surface area contributed by atoms with Gasteiger partial charge in [-0.25, -0.2) is 0 Å². The summed E-state index contributed by atoms with van der Waals surface area (Å²) in [4.78, 5) is 41.7. The maximum Gasteiger partial charge on any atom is 0.303 e. The molecule has 1 unspecified atom stereocenters. The van der Waals surface area contributed by atoms with Crippen LogP contribution in [0, 0.1) is 0 Å².